The Bertz CT molecular complexity index is 533. The molecule has 6 nitrogen and oxygen atoms in total. The van der Waals surface area contributed by atoms with Crippen molar-refractivity contribution < 1.29 is 23.9 Å². The van der Waals surface area contributed by atoms with E-state index in [0.29, 0.717) is 5.02 Å². The van der Waals surface area contributed by atoms with Gasteiger partial charge in [0.05, 0.1) is 22.2 Å². The fourth-order valence-corrected chi connectivity index (χ4v) is 1.45. The highest BCUT2D eigenvalue weighted by molar-refractivity contribution is 6.42. The van der Waals surface area contributed by atoms with Crippen molar-refractivity contribution in [3.63, 3.8) is 0 Å². The Morgan fingerprint density at radius 3 is 2.45 bits per heavy atom. The summed E-state index contributed by atoms with van der Waals surface area (Å²) in [6, 6.07) is 4.15. The molecule has 0 aliphatic heterocycles. The lowest BCUT2D eigenvalue weighted by molar-refractivity contribution is -0.123. The van der Waals surface area contributed by atoms with Gasteiger partial charge < -0.3 is 9.47 Å². The molecule has 2 amide bonds. The minimum atomic E-state index is -0.900. The molecule has 0 bridgehead atoms. The van der Waals surface area contributed by atoms with Crippen molar-refractivity contribution in [2.75, 3.05) is 13.2 Å². The van der Waals surface area contributed by atoms with Gasteiger partial charge in [0.25, 0.3) is 5.91 Å². The van der Waals surface area contributed by atoms with Crippen LogP contribution in [0.25, 0.3) is 0 Å². The quantitative estimate of drug-likeness (QED) is 0.862. The van der Waals surface area contributed by atoms with Gasteiger partial charge in [-0.1, -0.05) is 23.2 Å². The number of alkyl carbamates (subject to hydrolysis) is 1. The summed E-state index contributed by atoms with van der Waals surface area (Å²) >= 11 is 11.4. The van der Waals surface area contributed by atoms with E-state index in [2.05, 4.69) is 4.74 Å². The van der Waals surface area contributed by atoms with E-state index in [-0.39, 0.29) is 17.2 Å². The largest absolute Gasteiger partial charge is 0.452 e. The first-order valence-electron chi connectivity index (χ1n) is 5.52. The van der Waals surface area contributed by atoms with Gasteiger partial charge in [0, 0.05) is 0 Å². The van der Waals surface area contributed by atoms with Crippen LogP contribution in [0.4, 0.5) is 4.79 Å². The van der Waals surface area contributed by atoms with E-state index < -0.39 is 24.6 Å². The summed E-state index contributed by atoms with van der Waals surface area (Å²) in [4.78, 5) is 33.8. The molecule has 20 heavy (non-hydrogen) atoms. The number of esters is 1. The Labute approximate surface area is 124 Å². The molecule has 0 saturated heterocycles. The lowest BCUT2D eigenvalue weighted by atomic mass is 10.2. The summed E-state index contributed by atoms with van der Waals surface area (Å²) < 4.78 is 9.19. The molecule has 0 aromatic heterocycles. The van der Waals surface area contributed by atoms with Gasteiger partial charge in [0.1, 0.15) is 0 Å². The summed E-state index contributed by atoms with van der Waals surface area (Å²) in [7, 11) is 0. The lowest BCUT2D eigenvalue weighted by Crippen LogP contribution is -2.34. The highest BCUT2D eigenvalue weighted by Crippen LogP contribution is 2.22. The van der Waals surface area contributed by atoms with Crippen LogP contribution in [-0.4, -0.2) is 31.2 Å². The second kappa shape index (κ2) is 7.72. The number of amides is 2. The number of carbonyl (C=O) groups is 3. The smallest absolute Gasteiger partial charge is 0.413 e. The molecular weight excluding hydrogens is 309 g/mol. The molecule has 0 heterocycles. The molecule has 1 aromatic rings. The van der Waals surface area contributed by atoms with Crippen LogP contribution in [0.1, 0.15) is 17.3 Å². The van der Waals surface area contributed by atoms with Crippen molar-refractivity contribution >= 4 is 41.2 Å². The van der Waals surface area contributed by atoms with E-state index in [0.717, 1.165) is 0 Å². The van der Waals surface area contributed by atoms with Crippen molar-refractivity contribution in [2.45, 2.75) is 6.92 Å². The number of halogens is 2. The second-order valence-electron chi connectivity index (χ2n) is 3.47. The molecule has 1 rings (SSSR count). The minimum absolute atomic E-state index is 0.127. The number of nitrogens with one attached hydrogen (secondary N) is 1. The van der Waals surface area contributed by atoms with Crippen LogP contribution in [0.5, 0.6) is 0 Å². The average molecular weight is 320 g/mol. The topological polar surface area (TPSA) is 81.7 Å². The standard InChI is InChI=1S/C12H11Cl2NO5/c1-2-19-12(18)15-10(16)6-20-11(17)7-3-4-8(13)9(14)5-7/h3-5H,2,6H2,1H3,(H,15,16,18). The summed E-state index contributed by atoms with van der Waals surface area (Å²) in [5.74, 6) is -1.56. The van der Waals surface area contributed by atoms with Gasteiger partial charge in [-0.05, 0) is 25.1 Å². The summed E-state index contributed by atoms with van der Waals surface area (Å²) in [5, 5.41) is 2.37. The predicted molar refractivity (Wildman–Crippen MR) is 71.9 cm³/mol. The fourth-order valence-electron chi connectivity index (χ4n) is 1.15. The maximum atomic E-state index is 11.6. The number of ether oxygens (including phenoxy) is 2. The predicted octanol–water partition coefficient (Wildman–Crippen LogP) is 2.42. The Morgan fingerprint density at radius 1 is 1.15 bits per heavy atom. The zero-order valence-electron chi connectivity index (χ0n) is 10.4. The van der Waals surface area contributed by atoms with E-state index in [1.165, 1.54) is 18.2 Å². The van der Waals surface area contributed by atoms with Gasteiger partial charge in [-0.2, -0.15) is 0 Å². The highest BCUT2D eigenvalue weighted by Gasteiger charge is 2.13. The fraction of sp³-hybridized carbons (Fsp3) is 0.250. The van der Waals surface area contributed by atoms with Gasteiger partial charge in [-0.3, -0.25) is 10.1 Å². The van der Waals surface area contributed by atoms with Crippen LogP contribution < -0.4 is 5.32 Å². The number of hydrogen-bond acceptors (Lipinski definition) is 5. The Hall–Kier alpha value is -1.79. The van der Waals surface area contributed by atoms with E-state index in [4.69, 9.17) is 27.9 Å². The third kappa shape index (κ3) is 5.07. The molecule has 0 aliphatic rings. The van der Waals surface area contributed by atoms with Crippen LogP contribution in [0, 0.1) is 0 Å². The highest BCUT2D eigenvalue weighted by atomic mass is 35.5. The van der Waals surface area contributed by atoms with Crippen LogP contribution in [0.15, 0.2) is 18.2 Å². The Morgan fingerprint density at radius 2 is 1.85 bits per heavy atom. The van der Waals surface area contributed by atoms with E-state index in [1.54, 1.807) is 6.92 Å². The third-order valence-corrected chi connectivity index (χ3v) is 2.75. The van der Waals surface area contributed by atoms with Gasteiger partial charge in [-0.15, -0.1) is 0 Å². The van der Waals surface area contributed by atoms with Crippen molar-refractivity contribution in [3.05, 3.63) is 33.8 Å². The molecule has 0 spiro atoms. The molecule has 0 aliphatic carbocycles. The van der Waals surface area contributed by atoms with Crippen molar-refractivity contribution in [2.24, 2.45) is 0 Å². The average Bonchev–Trinajstić information content (AvgIpc) is 2.39. The molecule has 0 unspecified atom stereocenters. The monoisotopic (exact) mass is 319 g/mol. The minimum Gasteiger partial charge on any atom is -0.452 e. The normalized spacial score (nSPS) is 9.75. The Kier molecular flexibility index (Phi) is 6.27. The van der Waals surface area contributed by atoms with E-state index in [9.17, 15) is 14.4 Å². The number of benzene rings is 1. The molecule has 1 N–H and O–H groups in total. The van der Waals surface area contributed by atoms with Crippen LogP contribution in [0.3, 0.4) is 0 Å². The number of imide groups is 1. The summed E-state index contributed by atoms with van der Waals surface area (Å²) in [6.45, 7) is 1.11. The molecule has 108 valence electrons. The van der Waals surface area contributed by atoms with E-state index >= 15 is 0 Å². The Balaban J connectivity index is 2.48. The summed E-state index contributed by atoms with van der Waals surface area (Å²) in [5.41, 5.74) is 0.142. The second-order valence-corrected chi connectivity index (χ2v) is 4.29. The van der Waals surface area contributed by atoms with Crippen LogP contribution in [0.2, 0.25) is 10.0 Å². The number of carbonyl (C=O) groups excluding carboxylic acids is 3. The molecule has 1 aromatic carbocycles. The first-order chi connectivity index (χ1) is 9.43. The molecule has 0 fully saturated rings. The molecular formula is C12H11Cl2NO5. The van der Waals surface area contributed by atoms with Crippen molar-refractivity contribution in [1.29, 1.82) is 0 Å². The molecule has 0 atom stereocenters. The zero-order chi connectivity index (χ0) is 15.1. The van der Waals surface area contributed by atoms with E-state index in [1.807, 2.05) is 5.32 Å². The molecule has 0 radical (unpaired) electrons. The maximum absolute atomic E-state index is 11.6. The zero-order valence-corrected chi connectivity index (χ0v) is 12.0. The maximum Gasteiger partial charge on any atom is 0.413 e. The van der Waals surface area contributed by atoms with Crippen molar-refractivity contribution in [1.82, 2.24) is 5.32 Å². The first kappa shape index (κ1) is 16.3. The number of hydrogen-bond donors (Lipinski definition) is 1. The first-order valence-corrected chi connectivity index (χ1v) is 6.28. The van der Waals surface area contributed by atoms with Crippen molar-refractivity contribution in [3.8, 4) is 0 Å². The number of rotatable bonds is 4. The van der Waals surface area contributed by atoms with Crippen LogP contribution >= 0.6 is 23.2 Å². The van der Waals surface area contributed by atoms with Gasteiger partial charge >= 0.3 is 12.1 Å². The lowest BCUT2D eigenvalue weighted by Gasteiger charge is -2.06. The molecule has 8 heteroatoms. The SMILES string of the molecule is CCOC(=O)NC(=O)COC(=O)c1ccc(Cl)c(Cl)c1. The third-order valence-electron chi connectivity index (χ3n) is 2.01. The molecule has 0 saturated carbocycles. The van der Waals surface area contributed by atoms with Gasteiger partial charge in [0.2, 0.25) is 0 Å². The summed E-state index contributed by atoms with van der Waals surface area (Å²) in [6.07, 6.45) is -0.900. The van der Waals surface area contributed by atoms with Gasteiger partial charge in [-0.25, -0.2) is 9.59 Å². The van der Waals surface area contributed by atoms with Gasteiger partial charge in [0.15, 0.2) is 6.61 Å². The van der Waals surface area contributed by atoms with Crippen LogP contribution in [-0.2, 0) is 14.3 Å².